The van der Waals surface area contributed by atoms with Gasteiger partial charge in [0.05, 0.1) is 25.4 Å². The van der Waals surface area contributed by atoms with Crippen molar-refractivity contribution in [3.05, 3.63) is 24.3 Å². The van der Waals surface area contributed by atoms with Crippen LogP contribution in [0.15, 0.2) is 24.3 Å². The van der Waals surface area contributed by atoms with Gasteiger partial charge in [0.25, 0.3) is 0 Å². The molecule has 456 valence electrons. The fourth-order valence-electron chi connectivity index (χ4n) is 11.1. The summed E-state index contributed by atoms with van der Waals surface area (Å²) in [5.74, 6) is -0.0512. The van der Waals surface area contributed by atoms with E-state index in [9.17, 15) is 19.8 Å². The topological polar surface area (TPSA) is 95.9 Å². The average molecular weight is 1080 g/mol. The van der Waals surface area contributed by atoms with Crippen LogP contribution in [0.5, 0.6) is 0 Å². The lowest BCUT2D eigenvalue weighted by Gasteiger charge is -2.20. The lowest BCUT2D eigenvalue weighted by Crippen LogP contribution is -2.45. The molecule has 1 amide bonds. The minimum Gasteiger partial charge on any atom is -0.466 e. The van der Waals surface area contributed by atoms with Gasteiger partial charge in [-0.3, -0.25) is 9.59 Å². The number of aliphatic hydroxyl groups is 2. The molecule has 0 aromatic rings. The van der Waals surface area contributed by atoms with Crippen molar-refractivity contribution >= 4 is 11.9 Å². The van der Waals surface area contributed by atoms with Gasteiger partial charge in [-0.1, -0.05) is 346 Å². The highest BCUT2D eigenvalue weighted by Crippen LogP contribution is 2.19. The number of hydrogen-bond acceptors (Lipinski definition) is 5. The van der Waals surface area contributed by atoms with E-state index < -0.39 is 12.1 Å². The average Bonchev–Trinajstić information content (AvgIpc) is 3.43. The zero-order chi connectivity index (χ0) is 55.7. The van der Waals surface area contributed by atoms with Gasteiger partial charge in [0, 0.05) is 12.8 Å². The number of carbonyl (C=O) groups excluding carboxylic acids is 2. The van der Waals surface area contributed by atoms with E-state index in [-0.39, 0.29) is 18.5 Å². The van der Waals surface area contributed by atoms with E-state index in [0.717, 1.165) is 44.9 Å². The summed E-state index contributed by atoms with van der Waals surface area (Å²) in [5.41, 5.74) is 0. The molecule has 0 rings (SSSR count). The Kier molecular flexibility index (Phi) is 65.4. The van der Waals surface area contributed by atoms with Crippen LogP contribution in [0.3, 0.4) is 0 Å². The van der Waals surface area contributed by atoms with Crippen molar-refractivity contribution in [3.8, 4) is 0 Å². The molecular formula is C71H137NO5. The fourth-order valence-corrected chi connectivity index (χ4v) is 11.1. The number of rotatable bonds is 66. The molecule has 0 aromatic carbocycles. The molecule has 0 fully saturated rings. The van der Waals surface area contributed by atoms with Gasteiger partial charge in [-0.15, -0.1) is 0 Å². The van der Waals surface area contributed by atoms with E-state index in [1.807, 2.05) is 6.08 Å². The molecule has 0 bridgehead atoms. The molecule has 2 atom stereocenters. The second-order valence-corrected chi connectivity index (χ2v) is 24.2. The molecule has 3 N–H and O–H groups in total. The Hall–Kier alpha value is -1.66. The third-order valence-electron chi connectivity index (χ3n) is 16.5. The third-order valence-corrected chi connectivity index (χ3v) is 16.5. The van der Waals surface area contributed by atoms with Gasteiger partial charge >= 0.3 is 5.97 Å². The highest BCUT2D eigenvalue weighted by molar-refractivity contribution is 5.76. The van der Waals surface area contributed by atoms with Crippen molar-refractivity contribution < 1.29 is 24.5 Å². The molecule has 6 heteroatoms. The van der Waals surface area contributed by atoms with E-state index in [2.05, 4.69) is 31.3 Å². The van der Waals surface area contributed by atoms with Gasteiger partial charge in [-0.2, -0.15) is 0 Å². The van der Waals surface area contributed by atoms with Gasteiger partial charge < -0.3 is 20.3 Å². The normalized spacial score (nSPS) is 12.6. The van der Waals surface area contributed by atoms with Crippen LogP contribution in [-0.2, 0) is 14.3 Å². The van der Waals surface area contributed by atoms with Crippen molar-refractivity contribution in [2.75, 3.05) is 13.2 Å². The smallest absolute Gasteiger partial charge is 0.305 e. The van der Waals surface area contributed by atoms with E-state index in [4.69, 9.17) is 4.74 Å². The maximum atomic E-state index is 12.5. The first kappa shape index (κ1) is 75.3. The summed E-state index contributed by atoms with van der Waals surface area (Å²) in [5, 5.41) is 23.2. The summed E-state index contributed by atoms with van der Waals surface area (Å²) >= 11 is 0. The number of nitrogens with one attached hydrogen (secondary N) is 1. The highest BCUT2D eigenvalue weighted by atomic mass is 16.5. The predicted octanol–water partition coefficient (Wildman–Crippen LogP) is 22.5. The summed E-state index contributed by atoms with van der Waals surface area (Å²) in [6, 6.07) is -0.625. The Balaban J connectivity index is 3.36. The molecule has 0 aliphatic rings. The van der Waals surface area contributed by atoms with Crippen molar-refractivity contribution in [2.45, 2.75) is 405 Å². The van der Waals surface area contributed by atoms with Crippen LogP contribution in [-0.4, -0.2) is 47.4 Å². The second-order valence-electron chi connectivity index (χ2n) is 24.2. The minimum atomic E-state index is -0.842. The SMILES string of the molecule is CCCCC/C=C\CCCCCCCC(=O)OCCCCCCCCCCCCCCCCCCCCCCCCCCCCCCCC(=O)NC(CO)C(O)/C=C/CCCCCCCCCCCCCCCCCCC. The Morgan fingerprint density at radius 2 is 0.610 bits per heavy atom. The number of allylic oxidation sites excluding steroid dienone is 3. The van der Waals surface area contributed by atoms with E-state index in [1.165, 1.54) is 321 Å². The standard InChI is InChI=1S/C71H137NO5/c1-3-5-7-9-11-13-15-17-18-19-31-34-37-40-43-47-51-55-59-63-69(74)68(67-73)72-70(75)64-60-56-52-48-44-41-38-35-32-29-27-25-23-21-20-22-24-26-28-30-33-36-39-42-46-50-54-58-62-66-77-71(76)65-61-57-53-49-45-16-14-12-10-8-6-4-2/h12,14,59,63,68-69,73-74H,3-11,13,15-58,60-62,64-67H2,1-2H3,(H,72,75)/b14-12-,63-59+. The summed E-state index contributed by atoms with van der Waals surface area (Å²) < 4.78 is 5.48. The quantitative estimate of drug-likeness (QED) is 0.0320. The van der Waals surface area contributed by atoms with Crippen molar-refractivity contribution in [1.29, 1.82) is 0 Å². The summed E-state index contributed by atoms with van der Waals surface area (Å²) in [7, 11) is 0. The molecule has 0 saturated heterocycles. The Morgan fingerprint density at radius 1 is 0.351 bits per heavy atom. The van der Waals surface area contributed by atoms with Gasteiger partial charge in [0.2, 0.25) is 5.91 Å². The lowest BCUT2D eigenvalue weighted by molar-refractivity contribution is -0.143. The zero-order valence-corrected chi connectivity index (χ0v) is 52.2. The number of ether oxygens (including phenoxy) is 1. The first-order valence-corrected chi connectivity index (χ1v) is 35.1. The number of esters is 1. The molecule has 2 unspecified atom stereocenters. The lowest BCUT2D eigenvalue weighted by atomic mass is 10.0. The first-order chi connectivity index (χ1) is 38.0. The number of aliphatic hydroxyl groups excluding tert-OH is 2. The number of carbonyl (C=O) groups is 2. The van der Waals surface area contributed by atoms with Crippen LogP contribution in [0.2, 0.25) is 0 Å². The zero-order valence-electron chi connectivity index (χ0n) is 52.2. The monoisotopic (exact) mass is 1080 g/mol. The third kappa shape index (κ3) is 63.4. The Morgan fingerprint density at radius 3 is 0.948 bits per heavy atom. The molecule has 6 nitrogen and oxygen atoms in total. The van der Waals surface area contributed by atoms with Crippen LogP contribution in [0.4, 0.5) is 0 Å². The highest BCUT2D eigenvalue weighted by Gasteiger charge is 2.18. The largest absolute Gasteiger partial charge is 0.466 e. The molecule has 0 heterocycles. The van der Waals surface area contributed by atoms with Crippen LogP contribution in [0.1, 0.15) is 393 Å². The molecule has 77 heavy (non-hydrogen) atoms. The Labute approximate surface area is 481 Å². The van der Waals surface area contributed by atoms with Gasteiger partial charge in [0.15, 0.2) is 0 Å². The van der Waals surface area contributed by atoms with Crippen LogP contribution < -0.4 is 5.32 Å². The summed E-state index contributed by atoms with van der Waals surface area (Å²) in [6.45, 7) is 4.92. The Bertz CT molecular complexity index is 1200. The molecule has 0 saturated carbocycles. The molecule has 0 aliphatic heterocycles. The first-order valence-electron chi connectivity index (χ1n) is 35.1. The van der Waals surface area contributed by atoms with Crippen molar-refractivity contribution in [3.63, 3.8) is 0 Å². The minimum absolute atomic E-state index is 0.00955. The van der Waals surface area contributed by atoms with Crippen LogP contribution in [0, 0.1) is 0 Å². The van der Waals surface area contributed by atoms with Crippen molar-refractivity contribution in [1.82, 2.24) is 5.32 Å². The number of unbranched alkanes of at least 4 members (excludes halogenated alkanes) is 53. The van der Waals surface area contributed by atoms with E-state index >= 15 is 0 Å². The van der Waals surface area contributed by atoms with E-state index in [0.29, 0.717) is 19.4 Å². The van der Waals surface area contributed by atoms with Crippen LogP contribution in [0.25, 0.3) is 0 Å². The van der Waals surface area contributed by atoms with Crippen molar-refractivity contribution in [2.24, 2.45) is 0 Å². The molecule has 0 spiro atoms. The van der Waals surface area contributed by atoms with E-state index in [1.54, 1.807) is 6.08 Å². The summed E-state index contributed by atoms with van der Waals surface area (Å²) in [4.78, 5) is 24.5. The predicted molar refractivity (Wildman–Crippen MR) is 338 cm³/mol. The fraction of sp³-hybridized carbons (Fsp3) is 0.915. The maximum absolute atomic E-state index is 12.5. The maximum Gasteiger partial charge on any atom is 0.305 e. The van der Waals surface area contributed by atoms with Gasteiger partial charge in [-0.05, 0) is 57.8 Å². The molecule has 0 aliphatic carbocycles. The second kappa shape index (κ2) is 66.8. The number of hydrogen-bond donors (Lipinski definition) is 3. The molecule has 0 aromatic heterocycles. The molecule has 0 radical (unpaired) electrons. The van der Waals surface area contributed by atoms with Gasteiger partial charge in [0.1, 0.15) is 0 Å². The number of amides is 1. The summed E-state index contributed by atoms with van der Waals surface area (Å²) in [6.07, 6.45) is 84.0. The van der Waals surface area contributed by atoms with Gasteiger partial charge in [-0.25, -0.2) is 0 Å². The van der Waals surface area contributed by atoms with Crippen LogP contribution >= 0.6 is 0 Å². The molecular weight excluding hydrogens is 947 g/mol.